The Morgan fingerprint density at radius 1 is 1.33 bits per heavy atom. The summed E-state index contributed by atoms with van der Waals surface area (Å²) >= 11 is 0. The van der Waals surface area contributed by atoms with E-state index in [1.165, 1.54) is 31.7 Å². The lowest BCUT2D eigenvalue weighted by Crippen LogP contribution is -2.22. The molecule has 0 spiro atoms. The largest absolute Gasteiger partial charge is 0.493 e. The number of rotatable bonds is 7. The zero-order valence-electron chi connectivity index (χ0n) is 12.9. The van der Waals surface area contributed by atoms with Crippen molar-refractivity contribution in [1.82, 2.24) is 0 Å². The molecule has 0 radical (unpaired) electrons. The standard InChI is InChI=1S/C16H24N2O3/c1-3-8-21-15-10-13(9-14(11-15)18(19)20)17-12-16(2)6-4-5-7-16/h9-11,17H,3-8,12H2,1-2H3. The second-order valence-electron chi connectivity index (χ2n) is 6.19. The zero-order valence-corrected chi connectivity index (χ0v) is 12.9. The second-order valence-corrected chi connectivity index (χ2v) is 6.19. The number of nitrogens with one attached hydrogen (secondary N) is 1. The van der Waals surface area contributed by atoms with E-state index >= 15 is 0 Å². The first-order valence-electron chi connectivity index (χ1n) is 7.68. The summed E-state index contributed by atoms with van der Waals surface area (Å²) in [6, 6.07) is 4.91. The highest BCUT2D eigenvalue weighted by Gasteiger charge is 2.28. The Kier molecular flexibility index (Phi) is 5.04. The van der Waals surface area contributed by atoms with Crippen molar-refractivity contribution >= 4 is 11.4 Å². The fourth-order valence-electron chi connectivity index (χ4n) is 2.81. The van der Waals surface area contributed by atoms with Crippen LogP contribution in [-0.2, 0) is 0 Å². The maximum atomic E-state index is 11.0. The first-order chi connectivity index (χ1) is 10.0. The smallest absolute Gasteiger partial charge is 0.275 e. The Labute approximate surface area is 125 Å². The molecule has 0 saturated heterocycles. The molecule has 1 saturated carbocycles. The molecule has 1 fully saturated rings. The quantitative estimate of drug-likeness (QED) is 0.598. The highest BCUT2D eigenvalue weighted by molar-refractivity contribution is 5.56. The lowest BCUT2D eigenvalue weighted by Gasteiger charge is -2.24. The van der Waals surface area contributed by atoms with E-state index in [4.69, 9.17) is 4.74 Å². The molecule has 1 aliphatic carbocycles. The van der Waals surface area contributed by atoms with Gasteiger partial charge in [-0.3, -0.25) is 10.1 Å². The average molecular weight is 292 g/mol. The van der Waals surface area contributed by atoms with Crippen molar-refractivity contribution in [2.45, 2.75) is 46.0 Å². The molecule has 0 unspecified atom stereocenters. The minimum Gasteiger partial charge on any atom is -0.493 e. The third-order valence-corrected chi connectivity index (χ3v) is 4.10. The molecule has 116 valence electrons. The first-order valence-corrected chi connectivity index (χ1v) is 7.68. The number of non-ortho nitro benzene ring substituents is 1. The van der Waals surface area contributed by atoms with Crippen LogP contribution in [0.15, 0.2) is 18.2 Å². The number of nitro benzene ring substituents is 1. The van der Waals surface area contributed by atoms with Gasteiger partial charge in [-0.1, -0.05) is 26.7 Å². The maximum absolute atomic E-state index is 11.0. The summed E-state index contributed by atoms with van der Waals surface area (Å²) in [4.78, 5) is 10.7. The minimum absolute atomic E-state index is 0.0719. The Hall–Kier alpha value is -1.78. The van der Waals surface area contributed by atoms with Gasteiger partial charge in [0.25, 0.3) is 5.69 Å². The minimum atomic E-state index is -0.374. The Bertz CT molecular complexity index is 496. The van der Waals surface area contributed by atoms with E-state index < -0.39 is 0 Å². The van der Waals surface area contributed by atoms with Crippen LogP contribution in [0.4, 0.5) is 11.4 Å². The van der Waals surface area contributed by atoms with Gasteiger partial charge in [-0.15, -0.1) is 0 Å². The van der Waals surface area contributed by atoms with Crippen LogP contribution in [0.25, 0.3) is 0 Å². The molecule has 0 aliphatic heterocycles. The van der Waals surface area contributed by atoms with Gasteiger partial charge in [0.05, 0.1) is 17.6 Å². The second kappa shape index (κ2) is 6.78. The topological polar surface area (TPSA) is 64.4 Å². The number of benzene rings is 1. The average Bonchev–Trinajstić information content (AvgIpc) is 2.90. The molecule has 5 nitrogen and oxygen atoms in total. The molecule has 5 heteroatoms. The van der Waals surface area contributed by atoms with Gasteiger partial charge in [-0.2, -0.15) is 0 Å². The van der Waals surface area contributed by atoms with Crippen molar-refractivity contribution in [1.29, 1.82) is 0 Å². The molecule has 21 heavy (non-hydrogen) atoms. The highest BCUT2D eigenvalue weighted by Crippen LogP contribution is 2.38. The molecule has 0 aromatic heterocycles. The van der Waals surface area contributed by atoms with Gasteiger partial charge in [-0.05, 0) is 24.7 Å². The van der Waals surface area contributed by atoms with E-state index in [0.717, 1.165) is 18.7 Å². The molecule has 1 N–H and O–H groups in total. The van der Waals surface area contributed by atoms with E-state index in [9.17, 15) is 10.1 Å². The van der Waals surface area contributed by atoms with Gasteiger partial charge in [0.15, 0.2) is 0 Å². The highest BCUT2D eigenvalue weighted by atomic mass is 16.6. The lowest BCUT2D eigenvalue weighted by molar-refractivity contribution is -0.384. The number of nitrogens with zero attached hydrogens (tertiary/aromatic N) is 1. The summed E-state index contributed by atoms with van der Waals surface area (Å²) in [5.41, 5.74) is 1.14. The van der Waals surface area contributed by atoms with Crippen LogP contribution in [0.2, 0.25) is 0 Å². The summed E-state index contributed by atoms with van der Waals surface area (Å²) in [7, 11) is 0. The summed E-state index contributed by atoms with van der Waals surface area (Å²) in [5, 5.41) is 14.4. The van der Waals surface area contributed by atoms with Crippen LogP contribution in [0.3, 0.4) is 0 Å². The van der Waals surface area contributed by atoms with Crippen molar-refractivity contribution in [3.8, 4) is 5.75 Å². The fraction of sp³-hybridized carbons (Fsp3) is 0.625. The molecule has 0 heterocycles. The molecule has 0 atom stereocenters. The van der Waals surface area contributed by atoms with Gasteiger partial charge in [-0.25, -0.2) is 0 Å². The zero-order chi connectivity index (χ0) is 15.3. The Morgan fingerprint density at radius 2 is 2.05 bits per heavy atom. The van der Waals surface area contributed by atoms with Crippen molar-refractivity contribution in [2.24, 2.45) is 5.41 Å². The van der Waals surface area contributed by atoms with E-state index in [-0.39, 0.29) is 10.6 Å². The molecule has 2 rings (SSSR count). The van der Waals surface area contributed by atoms with Crippen LogP contribution < -0.4 is 10.1 Å². The number of ether oxygens (including phenoxy) is 1. The van der Waals surface area contributed by atoms with E-state index in [1.54, 1.807) is 6.07 Å². The van der Waals surface area contributed by atoms with Crippen molar-refractivity contribution in [2.75, 3.05) is 18.5 Å². The monoisotopic (exact) mass is 292 g/mol. The lowest BCUT2D eigenvalue weighted by atomic mass is 9.89. The third-order valence-electron chi connectivity index (χ3n) is 4.10. The normalized spacial score (nSPS) is 16.7. The van der Waals surface area contributed by atoms with E-state index in [1.807, 2.05) is 13.0 Å². The van der Waals surface area contributed by atoms with Gasteiger partial charge in [0.2, 0.25) is 0 Å². The van der Waals surface area contributed by atoms with Crippen molar-refractivity contribution in [3.05, 3.63) is 28.3 Å². The van der Waals surface area contributed by atoms with Crippen LogP contribution in [-0.4, -0.2) is 18.1 Å². The first kappa shape index (κ1) is 15.6. The van der Waals surface area contributed by atoms with Gasteiger partial charge < -0.3 is 10.1 Å². The van der Waals surface area contributed by atoms with E-state index in [2.05, 4.69) is 12.2 Å². The predicted octanol–water partition coefficient (Wildman–Crippen LogP) is 4.38. The molecular formula is C16H24N2O3. The number of anilines is 1. The maximum Gasteiger partial charge on any atom is 0.275 e. The van der Waals surface area contributed by atoms with Crippen molar-refractivity contribution < 1.29 is 9.66 Å². The van der Waals surface area contributed by atoms with Crippen LogP contribution >= 0.6 is 0 Å². The molecular weight excluding hydrogens is 268 g/mol. The number of hydrogen-bond acceptors (Lipinski definition) is 4. The van der Waals surface area contributed by atoms with Crippen molar-refractivity contribution in [3.63, 3.8) is 0 Å². The fourth-order valence-corrected chi connectivity index (χ4v) is 2.81. The van der Waals surface area contributed by atoms with Crippen LogP contribution in [0, 0.1) is 15.5 Å². The third kappa shape index (κ3) is 4.34. The Balaban J connectivity index is 2.09. The molecule has 0 amide bonds. The van der Waals surface area contributed by atoms with Gasteiger partial charge in [0.1, 0.15) is 5.75 Å². The number of hydrogen-bond donors (Lipinski definition) is 1. The number of nitro groups is 1. The molecule has 1 aliphatic rings. The van der Waals surface area contributed by atoms with Gasteiger partial charge >= 0.3 is 0 Å². The molecule has 1 aromatic carbocycles. The van der Waals surface area contributed by atoms with Crippen LogP contribution in [0.5, 0.6) is 5.75 Å². The molecule has 1 aromatic rings. The predicted molar refractivity (Wildman–Crippen MR) is 83.9 cm³/mol. The molecule has 0 bridgehead atoms. The summed E-state index contributed by atoms with van der Waals surface area (Å²) in [6.45, 7) is 5.70. The van der Waals surface area contributed by atoms with Gasteiger partial charge in [0, 0.05) is 24.4 Å². The van der Waals surface area contributed by atoms with Crippen LogP contribution in [0.1, 0.15) is 46.0 Å². The SMILES string of the molecule is CCCOc1cc(NCC2(C)CCCC2)cc([N+](=O)[O-])c1. The summed E-state index contributed by atoms with van der Waals surface area (Å²) < 4.78 is 5.54. The Morgan fingerprint density at radius 3 is 2.67 bits per heavy atom. The summed E-state index contributed by atoms with van der Waals surface area (Å²) in [5.74, 6) is 0.560. The van der Waals surface area contributed by atoms with E-state index in [0.29, 0.717) is 17.8 Å². The summed E-state index contributed by atoms with van der Waals surface area (Å²) in [6.07, 6.45) is 5.86.